The van der Waals surface area contributed by atoms with E-state index in [1.807, 2.05) is 0 Å². The molecule has 1 amide bonds. The highest BCUT2D eigenvalue weighted by molar-refractivity contribution is 6.01. The first-order valence-electron chi connectivity index (χ1n) is 5.92. The van der Waals surface area contributed by atoms with Crippen molar-refractivity contribution in [1.82, 2.24) is 0 Å². The highest BCUT2D eigenvalue weighted by Crippen LogP contribution is 2.37. The lowest BCUT2D eigenvalue weighted by Gasteiger charge is -2.32. The number of hydrogen-bond donors (Lipinski definition) is 1. The number of carboxylic acids is 1. The van der Waals surface area contributed by atoms with Crippen LogP contribution >= 0.6 is 0 Å². The van der Waals surface area contributed by atoms with Gasteiger partial charge in [-0.25, -0.2) is 0 Å². The summed E-state index contributed by atoms with van der Waals surface area (Å²) in [5.41, 5.74) is 0.230. The fourth-order valence-electron chi connectivity index (χ4n) is 2.04. The van der Waals surface area contributed by atoms with Gasteiger partial charge in [0.05, 0.1) is 23.1 Å². The maximum Gasteiger partial charge on any atom is 0.307 e. The number of fused-ring (bicyclic) bond motifs is 1. The SMILES string of the molecule is CCN1C(=O)C(CC(=O)O)Oc2cc([N+](=O)[O-])ccc21. The molecule has 8 heteroatoms. The Bertz CT molecular complexity index is 585. The molecule has 1 heterocycles. The average molecular weight is 280 g/mol. The van der Waals surface area contributed by atoms with E-state index in [-0.39, 0.29) is 11.4 Å². The van der Waals surface area contributed by atoms with Crippen LogP contribution in [0.1, 0.15) is 13.3 Å². The third-order valence-electron chi connectivity index (χ3n) is 2.93. The van der Waals surface area contributed by atoms with E-state index >= 15 is 0 Å². The van der Waals surface area contributed by atoms with Crippen LogP contribution in [0.15, 0.2) is 18.2 Å². The van der Waals surface area contributed by atoms with E-state index in [1.54, 1.807) is 6.92 Å². The van der Waals surface area contributed by atoms with Gasteiger partial charge in [-0.05, 0) is 13.0 Å². The van der Waals surface area contributed by atoms with Gasteiger partial charge in [0, 0.05) is 12.6 Å². The topological polar surface area (TPSA) is 110 Å². The predicted molar refractivity (Wildman–Crippen MR) is 67.8 cm³/mol. The molecule has 0 aliphatic carbocycles. The molecule has 106 valence electrons. The number of nitrogens with zero attached hydrogens (tertiary/aromatic N) is 2. The summed E-state index contributed by atoms with van der Waals surface area (Å²) in [5, 5.41) is 19.5. The van der Waals surface area contributed by atoms with Crippen molar-refractivity contribution in [3.8, 4) is 5.75 Å². The number of carboxylic acid groups (broad SMARTS) is 1. The molecule has 0 fully saturated rings. The maximum atomic E-state index is 12.1. The summed E-state index contributed by atoms with van der Waals surface area (Å²) in [6.07, 6.45) is -1.65. The van der Waals surface area contributed by atoms with Gasteiger partial charge in [-0.1, -0.05) is 0 Å². The van der Waals surface area contributed by atoms with Gasteiger partial charge in [-0.2, -0.15) is 0 Å². The molecule has 1 aromatic rings. The van der Waals surface area contributed by atoms with Crippen molar-refractivity contribution in [2.75, 3.05) is 11.4 Å². The molecule has 2 rings (SSSR count). The summed E-state index contributed by atoms with van der Waals surface area (Å²) < 4.78 is 5.30. The van der Waals surface area contributed by atoms with Crippen molar-refractivity contribution in [1.29, 1.82) is 0 Å². The minimum Gasteiger partial charge on any atom is -0.481 e. The molecule has 0 spiro atoms. The van der Waals surface area contributed by atoms with Crippen LogP contribution in [0.5, 0.6) is 5.75 Å². The van der Waals surface area contributed by atoms with Crippen LogP contribution in [0.25, 0.3) is 0 Å². The molecule has 0 radical (unpaired) electrons. The quantitative estimate of drug-likeness (QED) is 0.655. The first kappa shape index (κ1) is 13.8. The third kappa shape index (κ3) is 2.40. The summed E-state index contributed by atoms with van der Waals surface area (Å²) in [7, 11) is 0. The monoisotopic (exact) mass is 280 g/mol. The van der Waals surface area contributed by atoms with Crippen LogP contribution in [0, 0.1) is 10.1 Å². The number of aliphatic carboxylic acids is 1. The Morgan fingerprint density at radius 2 is 2.25 bits per heavy atom. The van der Waals surface area contributed by atoms with E-state index in [2.05, 4.69) is 0 Å². The van der Waals surface area contributed by atoms with Crippen LogP contribution in [-0.4, -0.2) is 34.6 Å². The number of likely N-dealkylation sites (N-methyl/N-ethyl adjacent to an activating group) is 1. The molecule has 1 unspecified atom stereocenters. The van der Waals surface area contributed by atoms with Gasteiger partial charge < -0.3 is 14.7 Å². The maximum absolute atomic E-state index is 12.1. The van der Waals surface area contributed by atoms with E-state index in [9.17, 15) is 19.7 Å². The predicted octanol–water partition coefficient (Wildman–Crippen LogP) is 1.18. The molecule has 20 heavy (non-hydrogen) atoms. The second-order valence-corrected chi connectivity index (χ2v) is 4.20. The second-order valence-electron chi connectivity index (χ2n) is 4.20. The van der Waals surface area contributed by atoms with Gasteiger partial charge in [-0.3, -0.25) is 19.7 Å². The first-order chi connectivity index (χ1) is 9.43. The first-order valence-corrected chi connectivity index (χ1v) is 5.92. The summed E-state index contributed by atoms with van der Waals surface area (Å²) in [5.74, 6) is -1.49. The lowest BCUT2D eigenvalue weighted by Crippen LogP contribution is -2.46. The van der Waals surface area contributed by atoms with Crippen molar-refractivity contribution in [2.45, 2.75) is 19.4 Å². The van der Waals surface area contributed by atoms with Crippen molar-refractivity contribution < 1.29 is 24.4 Å². The van der Waals surface area contributed by atoms with Crippen molar-refractivity contribution in [3.63, 3.8) is 0 Å². The van der Waals surface area contributed by atoms with E-state index in [0.717, 1.165) is 0 Å². The van der Waals surface area contributed by atoms with Crippen LogP contribution in [0.2, 0.25) is 0 Å². The fourth-order valence-corrected chi connectivity index (χ4v) is 2.04. The highest BCUT2D eigenvalue weighted by Gasteiger charge is 2.35. The Labute approximate surface area is 113 Å². The number of carbonyl (C=O) groups excluding carboxylic acids is 1. The molecule has 1 atom stereocenters. The number of anilines is 1. The minimum atomic E-state index is -1.17. The van der Waals surface area contributed by atoms with Crippen LogP contribution in [0.4, 0.5) is 11.4 Å². The number of nitro groups is 1. The molecule has 0 aromatic heterocycles. The number of hydrogen-bond acceptors (Lipinski definition) is 5. The number of carbonyl (C=O) groups is 2. The number of amides is 1. The molecule has 0 bridgehead atoms. The van der Waals surface area contributed by atoms with Gasteiger partial charge in [-0.15, -0.1) is 0 Å². The van der Waals surface area contributed by atoms with Gasteiger partial charge in [0.2, 0.25) is 0 Å². The zero-order chi connectivity index (χ0) is 14.9. The molecular weight excluding hydrogens is 268 g/mol. The van der Waals surface area contributed by atoms with E-state index in [0.29, 0.717) is 12.2 Å². The molecule has 1 aliphatic heterocycles. The second kappa shape index (κ2) is 5.16. The normalized spacial score (nSPS) is 17.4. The van der Waals surface area contributed by atoms with Crippen molar-refractivity contribution in [2.24, 2.45) is 0 Å². The fraction of sp³-hybridized carbons (Fsp3) is 0.333. The molecule has 1 N–H and O–H groups in total. The molecule has 0 saturated carbocycles. The Morgan fingerprint density at radius 1 is 1.55 bits per heavy atom. The number of non-ortho nitro benzene ring substituents is 1. The lowest BCUT2D eigenvalue weighted by molar-refractivity contribution is -0.384. The van der Waals surface area contributed by atoms with Gasteiger partial charge in [0.15, 0.2) is 11.9 Å². The Morgan fingerprint density at radius 3 is 2.80 bits per heavy atom. The molecule has 1 aromatic carbocycles. The molecule has 1 aliphatic rings. The van der Waals surface area contributed by atoms with Gasteiger partial charge >= 0.3 is 5.97 Å². The Kier molecular flexibility index (Phi) is 3.55. The van der Waals surface area contributed by atoms with Gasteiger partial charge in [0.25, 0.3) is 11.6 Å². The summed E-state index contributed by atoms with van der Waals surface area (Å²) in [4.78, 5) is 34.3. The Balaban J connectivity index is 2.43. The largest absolute Gasteiger partial charge is 0.481 e. The molecule has 0 saturated heterocycles. The summed E-state index contributed by atoms with van der Waals surface area (Å²) >= 11 is 0. The Hall–Kier alpha value is -2.64. The summed E-state index contributed by atoms with van der Waals surface area (Å²) in [6, 6.07) is 3.89. The third-order valence-corrected chi connectivity index (χ3v) is 2.93. The number of benzene rings is 1. The summed E-state index contributed by atoms with van der Waals surface area (Å²) in [6.45, 7) is 2.05. The minimum absolute atomic E-state index is 0.145. The van der Waals surface area contributed by atoms with Crippen LogP contribution in [-0.2, 0) is 9.59 Å². The smallest absolute Gasteiger partial charge is 0.307 e. The zero-order valence-corrected chi connectivity index (χ0v) is 10.6. The standard InChI is InChI=1S/C12H12N2O6/c1-2-13-8-4-3-7(14(18)19)5-9(8)20-10(12(13)17)6-11(15)16/h3-5,10H,2,6H2,1H3,(H,15,16). The van der Waals surface area contributed by atoms with Crippen LogP contribution in [0.3, 0.4) is 0 Å². The van der Waals surface area contributed by atoms with Crippen molar-refractivity contribution >= 4 is 23.3 Å². The number of rotatable bonds is 4. The molecular formula is C12H12N2O6. The molecule has 8 nitrogen and oxygen atoms in total. The van der Waals surface area contributed by atoms with Gasteiger partial charge in [0.1, 0.15) is 0 Å². The zero-order valence-electron chi connectivity index (χ0n) is 10.6. The lowest BCUT2D eigenvalue weighted by atomic mass is 10.1. The van der Waals surface area contributed by atoms with E-state index in [4.69, 9.17) is 9.84 Å². The van der Waals surface area contributed by atoms with E-state index in [1.165, 1.54) is 23.1 Å². The highest BCUT2D eigenvalue weighted by atomic mass is 16.6. The van der Waals surface area contributed by atoms with Crippen molar-refractivity contribution in [3.05, 3.63) is 28.3 Å². The number of nitro benzene ring substituents is 1. The van der Waals surface area contributed by atoms with Crippen LogP contribution < -0.4 is 9.64 Å². The average Bonchev–Trinajstić information content (AvgIpc) is 2.38. The van der Waals surface area contributed by atoms with E-state index < -0.39 is 29.3 Å². The number of ether oxygens (including phenoxy) is 1.